The van der Waals surface area contributed by atoms with Gasteiger partial charge in [-0.25, -0.2) is 4.99 Å². The summed E-state index contributed by atoms with van der Waals surface area (Å²) in [7, 11) is 0. The first-order chi connectivity index (χ1) is 12.9. The number of benzene rings is 2. The molecule has 2 aromatic rings. The molecular weight excluding hydrogens is 463 g/mol. The summed E-state index contributed by atoms with van der Waals surface area (Å²) >= 11 is 0. The predicted octanol–water partition coefficient (Wildman–Crippen LogP) is 4.84. The van der Waals surface area contributed by atoms with Crippen LogP contribution in [0.5, 0.6) is 0 Å². The van der Waals surface area contributed by atoms with E-state index in [0.717, 1.165) is 11.3 Å². The van der Waals surface area contributed by atoms with Crippen molar-refractivity contribution in [2.24, 2.45) is 10.7 Å². The lowest BCUT2D eigenvalue weighted by Crippen LogP contribution is -2.30. The molecule has 0 bridgehead atoms. The second-order valence-corrected chi connectivity index (χ2v) is 6.78. The summed E-state index contributed by atoms with van der Waals surface area (Å²) in [5, 5.41) is 3.13. The number of carbonyl (C=O) groups is 1. The number of guanidine groups is 1. The monoisotopic (exact) mass is 494 g/mol. The smallest absolute Gasteiger partial charge is 0.253 e. The van der Waals surface area contributed by atoms with Crippen LogP contribution in [0, 0.1) is 0 Å². The molecule has 0 atom stereocenters. The number of nitrogens with zero attached hydrogens (tertiary/aromatic N) is 2. The molecule has 1 amide bonds. The molecule has 2 aromatic carbocycles. The van der Waals surface area contributed by atoms with Crippen LogP contribution in [0.3, 0.4) is 0 Å². The molecule has 5 nitrogen and oxygen atoms in total. The summed E-state index contributed by atoms with van der Waals surface area (Å²) < 4.78 is 0. The molecule has 6 heteroatoms. The number of rotatable bonds is 7. The van der Waals surface area contributed by atoms with Gasteiger partial charge in [-0.15, -0.1) is 24.0 Å². The third-order valence-corrected chi connectivity index (χ3v) is 4.51. The Bertz CT molecular complexity index is 783. The average Bonchev–Trinajstić information content (AvgIpc) is 2.68. The van der Waals surface area contributed by atoms with E-state index in [1.165, 1.54) is 5.56 Å². The largest absolute Gasteiger partial charge is 0.370 e. The van der Waals surface area contributed by atoms with E-state index in [9.17, 15) is 4.79 Å². The van der Waals surface area contributed by atoms with E-state index < -0.39 is 0 Å². The number of hydrogen-bond acceptors (Lipinski definition) is 2. The number of nitrogens with one attached hydrogen (secondary N) is 1. The fourth-order valence-electron chi connectivity index (χ4n) is 2.79. The Morgan fingerprint density at radius 2 is 1.75 bits per heavy atom. The molecule has 0 aliphatic rings. The molecule has 0 spiro atoms. The Labute approximate surface area is 185 Å². The zero-order valence-corrected chi connectivity index (χ0v) is 19.4. The van der Waals surface area contributed by atoms with Crippen LogP contribution in [0.1, 0.15) is 55.1 Å². The van der Waals surface area contributed by atoms with E-state index in [4.69, 9.17) is 5.73 Å². The number of aliphatic imine (C=N–C) groups is 1. The predicted molar refractivity (Wildman–Crippen MR) is 129 cm³/mol. The summed E-state index contributed by atoms with van der Waals surface area (Å²) in [6.45, 7) is 10.2. The normalized spacial score (nSPS) is 11.1. The topological polar surface area (TPSA) is 70.7 Å². The minimum Gasteiger partial charge on any atom is -0.370 e. The van der Waals surface area contributed by atoms with Crippen LogP contribution in [0.25, 0.3) is 0 Å². The molecular formula is C22H31IN4O. The minimum absolute atomic E-state index is 0. The quantitative estimate of drug-likeness (QED) is 0.329. The van der Waals surface area contributed by atoms with E-state index in [0.29, 0.717) is 37.1 Å². The zero-order valence-electron chi connectivity index (χ0n) is 17.1. The summed E-state index contributed by atoms with van der Waals surface area (Å²) in [6.07, 6.45) is 0. The lowest BCUT2D eigenvalue weighted by atomic mass is 10.0. The van der Waals surface area contributed by atoms with Crippen LogP contribution < -0.4 is 11.1 Å². The molecule has 0 unspecified atom stereocenters. The van der Waals surface area contributed by atoms with Crippen molar-refractivity contribution in [2.45, 2.75) is 40.2 Å². The van der Waals surface area contributed by atoms with E-state index in [1.54, 1.807) is 4.90 Å². The van der Waals surface area contributed by atoms with E-state index >= 15 is 0 Å². The van der Waals surface area contributed by atoms with E-state index in [1.807, 2.05) is 50.2 Å². The van der Waals surface area contributed by atoms with Crippen LogP contribution in [0.4, 0.5) is 5.69 Å². The van der Waals surface area contributed by atoms with Gasteiger partial charge in [-0.2, -0.15) is 0 Å². The molecule has 28 heavy (non-hydrogen) atoms. The van der Waals surface area contributed by atoms with Crippen molar-refractivity contribution < 1.29 is 4.79 Å². The number of halogens is 1. The van der Waals surface area contributed by atoms with Crippen molar-refractivity contribution in [3.05, 3.63) is 65.2 Å². The van der Waals surface area contributed by atoms with Gasteiger partial charge in [-0.3, -0.25) is 4.79 Å². The van der Waals surface area contributed by atoms with Gasteiger partial charge in [0.15, 0.2) is 5.96 Å². The van der Waals surface area contributed by atoms with Gasteiger partial charge in [-0.05, 0) is 55.2 Å². The summed E-state index contributed by atoms with van der Waals surface area (Å²) in [5.41, 5.74) is 9.90. The van der Waals surface area contributed by atoms with Gasteiger partial charge < -0.3 is 16.0 Å². The number of nitrogens with two attached hydrogens (primary N) is 1. The first-order valence-electron chi connectivity index (χ1n) is 9.49. The molecule has 152 valence electrons. The second-order valence-electron chi connectivity index (χ2n) is 6.78. The first kappa shape index (κ1) is 23.9. The zero-order chi connectivity index (χ0) is 19.8. The minimum atomic E-state index is 0. The lowest BCUT2D eigenvalue weighted by molar-refractivity contribution is 0.0773. The summed E-state index contributed by atoms with van der Waals surface area (Å²) in [6, 6.07) is 15.7. The number of anilines is 1. The van der Waals surface area contributed by atoms with Gasteiger partial charge in [0.05, 0.1) is 6.54 Å². The molecule has 0 heterocycles. The maximum Gasteiger partial charge on any atom is 0.253 e. The molecule has 0 fully saturated rings. The average molecular weight is 494 g/mol. The van der Waals surface area contributed by atoms with Crippen molar-refractivity contribution in [2.75, 3.05) is 18.4 Å². The van der Waals surface area contributed by atoms with E-state index in [2.05, 4.69) is 36.3 Å². The van der Waals surface area contributed by atoms with Crippen LogP contribution in [0.15, 0.2) is 53.5 Å². The van der Waals surface area contributed by atoms with Gasteiger partial charge in [0.1, 0.15) is 0 Å². The summed E-state index contributed by atoms with van der Waals surface area (Å²) in [4.78, 5) is 18.5. The van der Waals surface area contributed by atoms with Gasteiger partial charge in [0.2, 0.25) is 0 Å². The molecule has 0 aliphatic carbocycles. The molecule has 3 N–H and O–H groups in total. The Morgan fingerprint density at radius 3 is 2.32 bits per heavy atom. The Kier molecular flexibility index (Phi) is 9.99. The number of carbonyl (C=O) groups excluding carboxylic acids is 1. The highest BCUT2D eigenvalue weighted by Crippen LogP contribution is 2.18. The highest BCUT2D eigenvalue weighted by atomic mass is 127. The molecule has 0 radical (unpaired) electrons. The standard InChI is InChI=1S/C22H30N4O.HI/c1-5-26(6-2)21(27)18-12-10-17(11-13-18)15-24-22(23)25-20-9-7-8-19(14-20)16(3)4;/h7-14,16H,5-6,15H2,1-4H3,(H3,23,24,25);1H. The SMILES string of the molecule is CCN(CC)C(=O)c1ccc(CN=C(N)Nc2cccc(C(C)C)c2)cc1.I. The molecule has 0 aliphatic heterocycles. The fraction of sp³-hybridized carbons (Fsp3) is 0.364. The van der Waals surface area contributed by atoms with Crippen molar-refractivity contribution >= 4 is 41.5 Å². The van der Waals surface area contributed by atoms with Crippen LogP contribution >= 0.6 is 24.0 Å². The van der Waals surface area contributed by atoms with Crippen LogP contribution in [-0.2, 0) is 6.54 Å². The number of amides is 1. The van der Waals surface area contributed by atoms with Crippen molar-refractivity contribution in [1.82, 2.24) is 4.90 Å². The van der Waals surface area contributed by atoms with Gasteiger partial charge in [-0.1, -0.05) is 38.1 Å². The van der Waals surface area contributed by atoms with Crippen molar-refractivity contribution in [3.8, 4) is 0 Å². The molecule has 0 aromatic heterocycles. The molecule has 0 saturated carbocycles. The Balaban J connectivity index is 0.00000392. The fourth-order valence-corrected chi connectivity index (χ4v) is 2.79. The highest BCUT2D eigenvalue weighted by molar-refractivity contribution is 14.0. The van der Waals surface area contributed by atoms with Crippen molar-refractivity contribution in [1.29, 1.82) is 0 Å². The van der Waals surface area contributed by atoms with Crippen molar-refractivity contribution in [3.63, 3.8) is 0 Å². The third kappa shape index (κ3) is 6.82. The molecule has 0 saturated heterocycles. The van der Waals surface area contributed by atoms with Crippen LogP contribution in [0.2, 0.25) is 0 Å². The van der Waals surface area contributed by atoms with Gasteiger partial charge in [0.25, 0.3) is 5.91 Å². The highest BCUT2D eigenvalue weighted by Gasteiger charge is 2.11. The van der Waals surface area contributed by atoms with Gasteiger partial charge >= 0.3 is 0 Å². The molecule has 2 rings (SSSR count). The maximum atomic E-state index is 12.3. The first-order valence-corrected chi connectivity index (χ1v) is 9.49. The summed E-state index contributed by atoms with van der Waals surface area (Å²) in [5.74, 6) is 0.892. The van der Waals surface area contributed by atoms with Gasteiger partial charge in [0, 0.05) is 24.3 Å². The lowest BCUT2D eigenvalue weighted by Gasteiger charge is -2.18. The van der Waals surface area contributed by atoms with Crippen LogP contribution in [-0.4, -0.2) is 29.9 Å². The number of hydrogen-bond donors (Lipinski definition) is 2. The second kappa shape index (κ2) is 11.7. The third-order valence-electron chi connectivity index (χ3n) is 4.51. The Hall–Kier alpha value is -2.09. The Morgan fingerprint density at radius 1 is 1.11 bits per heavy atom. The van der Waals surface area contributed by atoms with E-state index in [-0.39, 0.29) is 29.9 Å². The maximum absolute atomic E-state index is 12.3.